The highest BCUT2D eigenvalue weighted by Gasteiger charge is 2.25. The summed E-state index contributed by atoms with van der Waals surface area (Å²) < 4.78 is 1.96. The summed E-state index contributed by atoms with van der Waals surface area (Å²) in [5, 5.41) is 5.71. The maximum absolute atomic E-state index is 12.4. The van der Waals surface area contributed by atoms with E-state index in [1.165, 1.54) is 0 Å². The van der Waals surface area contributed by atoms with Crippen LogP contribution in [-0.2, 0) is 16.1 Å². The van der Waals surface area contributed by atoms with Crippen LogP contribution in [0.5, 0.6) is 0 Å². The van der Waals surface area contributed by atoms with Gasteiger partial charge in [-0.2, -0.15) is 0 Å². The molecule has 6 heteroatoms. The first-order valence-corrected chi connectivity index (χ1v) is 8.78. The molecule has 0 bridgehead atoms. The van der Waals surface area contributed by atoms with Crippen molar-refractivity contribution in [1.82, 2.24) is 14.9 Å². The van der Waals surface area contributed by atoms with Crippen LogP contribution < -0.4 is 10.6 Å². The van der Waals surface area contributed by atoms with Crippen LogP contribution in [-0.4, -0.2) is 27.4 Å². The predicted octanol–water partition coefficient (Wildman–Crippen LogP) is 2.56. The topological polar surface area (TPSA) is 76.0 Å². The molecule has 1 aliphatic carbocycles. The van der Waals surface area contributed by atoms with Gasteiger partial charge < -0.3 is 15.2 Å². The summed E-state index contributed by atoms with van der Waals surface area (Å²) in [5.41, 5.74) is 1.79. The normalized spacial score (nSPS) is 15.7. The minimum absolute atomic E-state index is 0.00555. The van der Waals surface area contributed by atoms with E-state index in [0.29, 0.717) is 6.54 Å². The van der Waals surface area contributed by atoms with E-state index in [0.717, 1.165) is 36.9 Å². The van der Waals surface area contributed by atoms with E-state index < -0.39 is 6.04 Å². The van der Waals surface area contributed by atoms with Gasteiger partial charge in [0.2, 0.25) is 11.8 Å². The summed E-state index contributed by atoms with van der Waals surface area (Å²) >= 11 is 0. The van der Waals surface area contributed by atoms with Crippen molar-refractivity contribution in [2.75, 3.05) is 5.32 Å². The molecule has 1 aliphatic rings. The minimum Gasteiger partial charge on any atom is -0.344 e. The molecule has 6 nitrogen and oxygen atoms in total. The fourth-order valence-corrected chi connectivity index (χ4v) is 3.17. The molecule has 0 saturated heterocycles. The van der Waals surface area contributed by atoms with Gasteiger partial charge in [0, 0.05) is 30.5 Å². The van der Waals surface area contributed by atoms with Crippen LogP contribution in [0.4, 0.5) is 5.69 Å². The molecule has 1 aromatic heterocycles. The molecule has 132 valence electrons. The molecule has 1 atom stereocenters. The predicted molar refractivity (Wildman–Crippen MR) is 96.0 cm³/mol. The number of hydrogen-bond donors (Lipinski definition) is 2. The van der Waals surface area contributed by atoms with Gasteiger partial charge in [0.25, 0.3) is 0 Å². The van der Waals surface area contributed by atoms with Gasteiger partial charge in [0.05, 0.1) is 6.33 Å². The molecule has 2 amide bonds. The number of aromatic nitrogens is 2. The molecule has 3 rings (SSSR count). The fraction of sp³-hybridized carbons (Fsp3) is 0.421. The lowest BCUT2D eigenvalue weighted by atomic mass is 10.1. The van der Waals surface area contributed by atoms with E-state index in [1.54, 1.807) is 19.4 Å². The second-order valence-corrected chi connectivity index (χ2v) is 6.64. The number of carbonyl (C=O) groups excluding carboxylic acids is 2. The van der Waals surface area contributed by atoms with Crippen LogP contribution in [0, 0.1) is 5.92 Å². The average Bonchev–Trinajstić information content (AvgIpc) is 3.28. The number of anilines is 1. The van der Waals surface area contributed by atoms with Gasteiger partial charge in [-0.25, -0.2) is 4.98 Å². The Labute approximate surface area is 147 Å². The first kappa shape index (κ1) is 17.2. The molecule has 0 aliphatic heterocycles. The second kappa shape index (κ2) is 7.96. The molecule has 1 saturated carbocycles. The number of nitrogens with one attached hydrogen (secondary N) is 2. The number of nitrogens with zero attached hydrogens (tertiary/aromatic N) is 2. The largest absolute Gasteiger partial charge is 0.344 e. The van der Waals surface area contributed by atoms with Crippen molar-refractivity contribution in [3.63, 3.8) is 0 Å². The van der Waals surface area contributed by atoms with Crippen LogP contribution in [0.1, 0.15) is 38.2 Å². The molecule has 1 fully saturated rings. The lowest BCUT2D eigenvalue weighted by Crippen LogP contribution is -2.43. The zero-order valence-corrected chi connectivity index (χ0v) is 14.4. The zero-order valence-electron chi connectivity index (χ0n) is 14.4. The highest BCUT2D eigenvalue weighted by Crippen LogP contribution is 2.24. The summed E-state index contributed by atoms with van der Waals surface area (Å²) in [6, 6.07) is 7.14. The van der Waals surface area contributed by atoms with E-state index in [4.69, 9.17) is 0 Å². The average molecular weight is 340 g/mol. The summed E-state index contributed by atoms with van der Waals surface area (Å²) in [6.07, 6.45) is 9.44. The van der Waals surface area contributed by atoms with Gasteiger partial charge in [-0.05, 0) is 37.5 Å². The quantitative estimate of drug-likeness (QED) is 0.848. The van der Waals surface area contributed by atoms with Crippen molar-refractivity contribution in [2.24, 2.45) is 5.92 Å². The fourth-order valence-electron chi connectivity index (χ4n) is 3.17. The lowest BCUT2D eigenvalue weighted by molar-refractivity contribution is -0.128. The van der Waals surface area contributed by atoms with E-state index in [2.05, 4.69) is 15.6 Å². The molecule has 25 heavy (non-hydrogen) atoms. The summed E-state index contributed by atoms with van der Waals surface area (Å²) in [5.74, 6) is -0.145. The van der Waals surface area contributed by atoms with Crippen molar-refractivity contribution >= 4 is 17.5 Å². The van der Waals surface area contributed by atoms with E-state index in [1.807, 2.05) is 35.0 Å². The smallest absolute Gasteiger partial charge is 0.246 e. The molecule has 2 N–H and O–H groups in total. The second-order valence-electron chi connectivity index (χ2n) is 6.64. The standard InChI is InChI=1S/C19H24N4O2/c1-14(21-19(25)16-6-2-3-7-16)18(24)22-17-8-4-5-15(11-17)12-23-10-9-20-13-23/h4-5,8-11,13-14,16H,2-3,6-7,12H2,1H3,(H,21,25)(H,22,24)/t14-/m0/s1. The lowest BCUT2D eigenvalue weighted by Gasteiger charge is -2.17. The van der Waals surface area contributed by atoms with Gasteiger partial charge in [0.15, 0.2) is 0 Å². The summed E-state index contributed by atoms with van der Waals surface area (Å²) in [6.45, 7) is 2.41. The Morgan fingerprint density at radius 3 is 2.84 bits per heavy atom. The number of carbonyl (C=O) groups is 2. The molecular formula is C19H24N4O2. The molecule has 1 aromatic carbocycles. The maximum atomic E-state index is 12.4. The van der Waals surface area contributed by atoms with Crippen molar-refractivity contribution in [2.45, 2.75) is 45.2 Å². The van der Waals surface area contributed by atoms with Gasteiger partial charge in [0.1, 0.15) is 6.04 Å². The third kappa shape index (κ3) is 4.68. The van der Waals surface area contributed by atoms with Gasteiger partial charge in [-0.15, -0.1) is 0 Å². The van der Waals surface area contributed by atoms with Crippen LogP contribution in [0.25, 0.3) is 0 Å². The Kier molecular flexibility index (Phi) is 5.48. The summed E-state index contributed by atoms with van der Waals surface area (Å²) in [7, 11) is 0. The van der Waals surface area contributed by atoms with Crippen molar-refractivity contribution in [3.05, 3.63) is 48.5 Å². The van der Waals surface area contributed by atoms with Crippen LogP contribution in [0.15, 0.2) is 43.0 Å². The number of rotatable bonds is 6. The van der Waals surface area contributed by atoms with Gasteiger partial charge >= 0.3 is 0 Å². The third-order valence-corrected chi connectivity index (χ3v) is 4.60. The molecule has 0 unspecified atom stereocenters. The minimum atomic E-state index is -0.551. The maximum Gasteiger partial charge on any atom is 0.246 e. The Bertz CT molecular complexity index is 721. The van der Waals surface area contributed by atoms with Gasteiger partial charge in [-0.3, -0.25) is 9.59 Å². The monoisotopic (exact) mass is 340 g/mol. The van der Waals surface area contributed by atoms with Crippen molar-refractivity contribution in [3.8, 4) is 0 Å². The van der Waals surface area contributed by atoms with Crippen LogP contribution in [0.2, 0.25) is 0 Å². The first-order chi connectivity index (χ1) is 12.1. The van der Waals surface area contributed by atoms with Crippen LogP contribution >= 0.6 is 0 Å². The Morgan fingerprint density at radius 2 is 2.12 bits per heavy atom. The summed E-state index contributed by atoms with van der Waals surface area (Å²) in [4.78, 5) is 28.5. The van der Waals surface area contributed by atoms with E-state index in [-0.39, 0.29) is 17.7 Å². The Morgan fingerprint density at radius 1 is 1.32 bits per heavy atom. The van der Waals surface area contributed by atoms with Gasteiger partial charge in [-0.1, -0.05) is 25.0 Å². The van der Waals surface area contributed by atoms with Crippen LogP contribution in [0.3, 0.4) is 0 Å². The third-order valence-electron chi connectivity index (χ3n) is 4.60. The Balaban J connectivity index is 1.55. The molecular weight excluding hydrogens is 316 g/mol. The molecule has 0 spiro atoms. The SMILES string of the molecule is C[C@H](NC(=O)C1CCCC1)C(=O)Nc1cccc(Cn2ccnc2)c1. The van der Waals surface area contributed by atoms with E-state index >= 15 is 0 Å². The highest BCUT2D eigenvalue weighted by atomic mass is 16.2. The molecule has 1 heterocycles. The van der Waals surface area contributed by atoms with Crippen molar-refractivity contribution < 1.29 is 9.59 Å². The number of benzene rings is 1. The number of hydrogen-bond acceptors (Lipinski definition) is 3. The number of imidazole rings is 1. The zero-order chi connectivity index (χ0) is 17.6. The highest BCUT2D eigenvalue weighted by molar-refractivity contribution is 5.97. The van der Waals surface area contributed by atoms with Crippen molar-refractivity contribution in [1.29, 1.82) is 0 Å². The first-order valence-electron chi connectivity index (χ1n) is 8.78. The molecule has 2 aromatic rings. The molecule has 0 radical (unpaired) electrons. The number of amides is 2. The van der Waals surface area contributed by atoms with E-state index in [9.17, 15) is 9.59 Å². The Hall–Kier alpha value is -2.63.